The number of carbonyl (C=O) groups is 2. The van der Waals surface area contributed by atoms with E-state index in [0.29, 0.717) is 49.2 Å². The Labute approximate surface area is 240 Å². The fourth-order valence-electron chi connectivity index (χ4n) is 5.33. The third-order valence-corrected chi connectivity index (χ3v) is 7.57. The zero-order chi connectivity index (χ0) is 28.8. The summed E-state index contributed by atoms with van der Waals surface area (Å²) in [5.41, 5.74) is 4.63. The number of benzene rings is 3. The van der Waals surface area contributed by atoms with Gasteiger partial charge in [0.2, 0.25) is 5.91 Å². The smallest absolute Gasteiger partial charge is 0.251 e. The minimum atomic E-state index is -0.853. The van der Waals surface area contributed by atoms with E-state index in [1.807, 2.05) is 72.2 Å². The number of aliphatic hydroxyl groups is 1. The van der Waals surface area contributed by atoms with Gasteiger partial charge in [0.15, 0.2) is 0 Å². The SMILES string of the molecule is CCn1cnc2c(N3CCCC3=O)cc(C(=O)N[C@@H](Cc3ccccc3)[C@H](O)CNCc3cccc(OC)c3)cc21. The molecule has 9 nitrogen and oxygen atoms in total. The molecule has 4 aromatic rings. The Morgan fingerprint density at radius 1 is 1.10 bits per heavy atom. The number of nitrogens with one attached hydrogen (secondary N) is 2. The summed E-state index contributed by atoms with van der Waals surface area (Å²) in [5.74, 6) is 0.501. The maximum atomic E-state index is 13.7. The normalized spacial score (nSPS) is 14.8. The van der Waals surface area contributed by atoms with Gasteiger partial charge in [-0.15, -0.1) is 0 Å². The van der Waals surface area contributed by atoms with Gasteiger partial charge in [0.25, 0.3) is 5.91 Å². The van der Waals surface area contributed by atoms with Gasteiger partial charge < -0.3 is 29.9 Å². The van der Waals surface area contributed by atoms with Crippen LogP contribution in [0.5, 0.6) is 5.75 Å². The van der Waals surface area contributed by atoms with E-state index in [9.17, 15) is 14.7 Å². The molecule has 0 saturated carbocycles. The summed E-state index contributed by atoms with van der Waals surface area (Å²) in [6.45, 7) is 4.13. The number of nitrogens with zero attached hydrogens (tertiary/aromatic N) is 3. The fourth-order valence-corrected chi connectivity index (χ4v) is 5.33. The van der Waals surface area contributed by atoms with Crippen LogP contribution >= 0.6 is 0 Å². The fraction of sp³-hybridized carbons (Fsp3) is 0.344. The Morgan fingerprint density at radius 2 is 1.90 bits per heavy atom. The molecule has 2 amide bonds. The van der Waals surface area contributed by atoms with Crippen molar-refractivity contribution in [3.63, 3.8) is 0 Å². The first kappa shape index (κ1) is 28.3. The van der Waals surface area contributed by atoms with Crippen LogP contribution in [0.25, 0.3) is 11.0 Å². The molecule has 41 heavy (non-hydrogen) atoms. The highest BCUT2D eigenvalue weighted by Crippen LogP contribution is 2.31. The van der Waals surface area contributed by atoms with Gasteiger partial charge in [-0.3, -0.25) is 9.59 Å². The summed E-state index contributed by atoms with van der Waals surface area (Å²) in [4.78, 5) is 32.7. The zero-order valence-electron chi connectivity index (χ0n) is 23.5. The van der Waals surface area contributed by atoms with Crippen LogP contribution in [0.15, 0.2) is 73.1 Å². The molecule has 1 aliphatic rings. The molecule has 1 aliphatic heterocycles. The molecular formula is C32H37N5O4. The van der Waals surface area contributed by atoms with E-state index in [2.05, 4.69) is 15.6 Å². The third-order valence-electron chi connectivity index (χ3n) is 7.57. The van der Waals surface area contributed by atoms with Crippen molar-refractivity contribution in [3.8, 4) is 5.75 Å². The number of hydrogen-bond acceptors (Lipinski definition) is 6. The largest absolute Gasteiger partial charge is 0.497 e. The van der Waals surface area contributed by atoms with Crippen LogP contribution < -0.4 is 20.3 Å². The maximum absolute atomic E-state index is 13.7. The van der Waals surface area contributed by atoms with Gasteiger partial charge in [-0.05, 0) is 55.2 Å². The van der Waals surface area contributed by atoms with E-state index in [1.54, 1.807) is 24.4 Å². The number of amides is 2. The van der Waals surface area contributed by atoms with Gasteiger partial charge >= 0.3 is 0 Å². The van der Waals surface area contributed by atoms with Crippen LogP contribution in [-0.4, -0.2) is 58.8 Å². The summed E-state index contributed by atoms with van der Waals surface area (Å²) < 4.78 is 7.27. The van der Waals surface area contributed by atoms with Gasteiger partial charge in [-0.25, -0.2) is 4.98 Å². The van der Waals surface area contributed by atoms with E-state index in [1.165, 1.54) is 0 Å². The second-order valence-corrected chi connectivity index (χ2v) is 10.4. The van der Waals surface area contributed by atoms with Crippen molar-refractivity contribution in [1.82, 2.24) is 20.2 Å². The average Bonchev–Trinajstić information content (AvgIpc) is 3.62. The number of aromatic nitrogens is 2. The Hall–Kier alpha value is -4.21. The first-order valence-corrected chi connectivity index (χ1v) is 14.1. The summed E-state index contributed by atoms with van der Waals surface area (Å²) in [5, 5.41) is 17.7. The van der Waals surface area contributed by atoms with Crippen LogP contribution in [0.4, 0.5) is 5.69 Å². The standard InChI is InChI=1S/C32H37N5O4/c1-3-36-21-34-31-27(36)17-24(18-28(31)37-14-8-13-30(37)39)32(40)35-26(16-22-9-5-4-6-10-22)29(38)20-33-19-23-11-7-12-25(15-23)41-2/h4-7,9-12,15,17-18,21,26,29,33,38H,3,8,13-14,16,19-20H2,1-2H3,(H,35,40)/t26-,29+/m0/s1. The second-order valence-electron chi connectivity index (χ2n) is 10.4. The van der Waals surface area contributed by atoms with Crippen LogP contribution in [0, 0.1) is 0 Å². The molecule has 1 saturated heterocycles. The number of carbonyl (C=O) groups excluding carboxylic acids is 2. The molecular weight excluding hydrogens is 518 g/mol. The number of imidazole rings is 1. The predicted octanol–water partition coefficient (Wildman–Crippen LogP) is 3.68. The average molecular weight is 556 g/mol. The number of methoxy groups -OCH3 is 1. The van der Waals surface area contributed by atoms with Crippen molar-refractivity contribution >= 4 is 28.5 Å². The monoisotopic (exact) mass is 555 g/mol. The summed E-state index contributed by atoms with van der Waals surface area (Å²) >= 11 is 0. The van der Waals surface area contributed by atoms with Gasteiger partial charge in [-0.1, -0.05) is 42.5 Å². The van der Waals surface area contributed by atoms with Gasteiger partial charge in [0.05, 0.1) is 36.8 Å². The Kier molecular flexibility index (Phi) is 8.96. The molecule has 2 atom stereocenters. The van der Waals surface area contributed by atoms with Crippen molar-refractivity contribution in [2.75, 3.05) is 25.1 Å². The second kappa shape index (κ2) is 13.0. The van der Waals surface area contributed by atoms with Crippen LogP contribution in [0.3, 0.4) is 0 Å². The maximum Gasteiger partial charge on any atom is 0.251 e. The molecule has 0 bridgehead atoms. The summed E-state index contributed by atoms with van der Waals surface area (Å²) in [6, 6.07) is 20.6. The lowest BCUT2D eigenvalue weighted by Crippen LogP contribution is -2.48. The molecule has 0 unspecified atom stereocenters. The minimum absolute atomic E-state index is 0.0365. The number of aryl methyl sites for hydroxylation is 1. The molecule has 0 radical (unpaired) electrons. The van der Waals surface area contributed by atoms with Crippen molar-refractivity contribution in [2.24, 2.45) is 0 Å². The van der Waals surface area contributed by atoms with Crippen LogP contribution in [-0.2, 0) is 24.3 Å². The number of fused-ring (bicyclic) bond motifs is 1. The van der Waals surface area contributed by atoms with Gasteiger partial charge in [0.1, 0.15) is 11.3 Å². The third kappa shape index (κ3) is 6.58. The Balaban J connectivity index is 1.37. The van der Waals surface area contributed by atoms with Crippen LogP contribution in [0.1, 0.15) is 41.3 Å². The molecule has 5 rings (SSSR count). The highest BCUT2D eigenvalue weighted by molar-refractivity contribution is 6.07. The molecule has 3 aromatic carbocycles. The van der Waals surface area contributed by atoms with Crippen molar-refractivity contribution in [1.29, 1.82) is 0 Å². The molecule has 3 N–H and O–H groups in total. The van der Waals surface area contributed by atoms with E-state index in [4.69, 9.17) is 4.74 Å². The Bertz CT molecular complexity index is 1500. The van der Waals surface area contributed by atoms with Crippen molar-refractivity contribution in [3.05, 3.63) is 89.7 Å². The van der Waals surface area contributed by atoms with E-state index in [-0.39, 0.29) is 18.4 Å². The molecule has 1 fully saturated rings. The van der Waals surface area contributed by atoms with E-state index in [0.717, 1.165) is 28.8 Å². The highest BCUT2D eigenvalue weighted by atomic mass is 16.5. The summed E-state index contributed by atoms with van der Waals surface area (Å²) in [7, 11) is 1.63. The number of rotatable bonds is 12. The lowest BCUT2D eigenvalue weighted by atomic mass is 10.00. The topological polar surface area (TPSA) is 109 Å². The first-order valence-electron chi connectivity index (χ1n) is 14.1. The zero-order valence-corrected chi connectivity index (χ0v) is 23.5. The number of hydrogen-bond donors (Lipinski definition) is 3. The number of anilines is 1. The van der Waals surface area contributed by atoms with Crippen molar-refractivity contribution in [2.45, 2.75) is 51.4 Å². The minimum Gasteiger partial charge on any atom is -0.497 e. The first-order chi connectivity index (χ1) is 20.0. The van der Waals surface area contributed by atoms with E-state index < -0.39 is 12.1 Å². The highest BCUT2D eigenvalue weighted by Gasteiger charge is 2.28. The molecule has 2 heterocycles. The predicted molar refractivity (Wildman–Crippen MR) is 159 cm³/mol. The molecule has 214 valence electrons. The quantitative estimate of drug-likeness (QED) is 0.246. The number of ether oxygens (including phenoxy) is 1. The van der Waals surface area contributed by atoms with Gasteiger partial charge in [-0.2, -0.15) is 0 Å². The summed E-state index contributed by atoms with van der Waals surface area (Å²) in [6.07, 6.45) is 2.61. The lowest BCUT2D eigenvalue weighted by Gasteiger charge is -2.25. The molecule has 1 aromatic heterocycles. The lowest BCUT2D eigenvalue weighted by molar-refractivity contribution is -0.117. The Morgan fingerprint density at radius 3 is 2.63 bits per heavy atom. The molecule has 0 aliphatic carbocycles. The molecule has 0 spiro atoms. The van der Waals surface area contributed by atoms with Gasteiger partial charge in [0, 0.05) is 38.2 Å². The van der Waals surface area contributed by atoms with E-state index >= 15 is 0 Å². The number of aliphatic hydroxyl groups excluding tert-OH is 1. The van der Waals surface area contributed by atoms with Crippen molar-refractivity contribution < 1.29 is 19.4 Å². The molecule has 9 heteroatoms. The van der Waals surface area contributed by atoms with Crippen LogP contribution in [0.2, 0.25) is 0 Å².